The number of aliphatic carboxylic acids is 1. The summed E-state index contributed by atoms with van der Waals surface area (Å²) in [7, 11) is 0. The number of hydrogen-bond acceptors (Lipinski definition) is 4. The minimum atomic E-state index is -0.875. The van der Waals surface area contributed by atoms with Gasteiger partial charge < -0.3 is 19.9 Å². The lowest BCUT2D eigenvalue weighted by atomic mass is 9.86. The van der Waals surface area contributed by atoms with Crippen molar-refractivity contribution in [3.8, 4) is 11.5 Å². The molecule has 2 amide bonds. The van der Waals surface area contributed by atoms with Crippen molar-refractivity contribution in [2.24, 2.45) is 0 Å². The van der Waals surface area contributed by atoms with Crippen molar-refractivity contribution in [2.45, 2.75) is 25.3 Å². The van der Waals surface area contributed by atoms with Gasteiger partial charge in [0.25, 0.3) is 0 Å². The lowest BCUT2D eigenvalue weighted by Crippen LogP contribution is -2.46. The summed E-state index contributed by atoms with van der Waals surface area (Å²) in [5, 5.41) is 12.4. The van der Waals surface area contributed by atoms with E-state index in [0.717, 1.165) is 0 Å². The van der Waals surface area contributed by atoms with Crippen LogP contribution in [0.1, 0.15) is 24.8 Å². The van der Waals surface area contributed by atoms with Gasteiger partial charge in [0.1, 0.15) is 0 Å². The first kappa shape index (κ1) is 16.3. The van der Waals surface area contributed by atoms with Gasteiger partial charge in [-0.05, 0) is 37.1 Å². The Balaban J connectivity index is 1.63. The van der Waals surface area contributed by atoms with Crippen LogP contribution in [0.4, 0.5) is 16.2 Å². The molecule has 0 aliphatic carbocycles. The molecule has 26 heavy (non-hydrogen) atoms. The molecule has 2 aromatic rings. The summed E-state index contributed by atoms with van der Waals surface area (Å²) in [6, 6.07) is 11.8. The van der Waals surface area contributed by atoms with Gasteiger partial charge in [-0.25, -0.2) is 4.79 Å². The normalized spacial score (nSPS) is 20.4. The van der Waals surface area contributed by atoms with Gasteiger partial charge in [0.15, 0.2) is 11.5 Å². The number of benzene rings is 2. The van der Waals surface area contributed by atoms with Crippen molar-refractivity contribution in [1.82, 2.24) is 0 Å². The molecular formula is C19H18N2O5. The van der Waals surface area contributed by atoms with E-state index in [0.29, 0.717) is 34.9 Å². The number of nitrogens with zero attached hydrogens (tertiary/aromatic N) is 1. The first-order valence-electron chi connectivity index (χ1n) is 8.36. The second kappa shape index (κ2) is 6.25. The van der Waals surface area contributed by atoms with Gasteiger partial charge in [0.2, 0.25) is 6.79 Å². The summed E-state index contributed by atoms with van der Waals surface area (Å²) < 4.78 is 10.6. The Hall–Kier alpha value is -3.22. The molecule has 0 aromatic heterocycles. The predicted octanol–water partition coefficient (Wildman–Crippen LogP) is 3.41. The summed E-state index contributed by atoms with van der Waals surface area (Å²) in [5.41, 5.74) is 1.86. The van der Waals surface area contributed by atoms with E-state index in [1.54, 1.807) is 47.4 Å². The Morgan fingerprint density at radius 1 is 1.15 bits per heavy atom. The molecule has 2 unspecified atom stereocenters. The Bertz CT molecular complexity index is 882. The Morgan fingerprint density at radius 3 is 2.73 bits per heavy atom. The van der Waals surface area contributed by atoms with Crippen molar-refractivity contribution < 1.29 is 24.2 Å². The van der Waals surface area contributed by atoms with Crippen LogP contribution in [0.25, 0.3) is 0 Å². The third kappa shape index (κ3) is 2.71. The number of urea groups is 1. The third-order valence-corrected chi connectivity index (χ3v) is 4.73. The molecule has 0 spiro atoms. The average Bonchev–Trinajstić information content (AvgIpc) is 3.08. The van der Waals surface area contributed by atoms with Crippen LogP contribution in [-0.2, 0) is 4.79 Å². The third-order valence-electron chi connectivity index (χ3n) is 4.73. The van der Waals surface area contributed by atoms with E-state index in [1.165, 1.54) is 0 Å². The van der Waals surface area contributed by atoms with E-state index in [9.17, 15) is 14.7 Å². The van der Waals surface area contributed by atoms with Gasteiger partial charge >= 0.3 is 12.0 Å². The molecular weight excluding hydrogens is 336 g/mol. The molecule has 7 nitrogen and oxygen atoms in total. The number of rotatable bonds is 2. The Kier molecular flexibility index (Phi) is 3.91. The van der Waals surface area contributed by atoms with Crippen molar-refractivity contribution in [3.63, 3.8) is 0 Å². The van der Waals surface area contributed by atoms with Crippen molar-refractivity contribution in [2.75, 3.05) is 17.0 Å². The number of para-hydroxylation sites is 1. The molecule has 0 radical (unpaired) electrons. The molecule has 2 atom stereocenters. The SMILES string of the molecule is CC1CC(C(=O)O)c2ccccc2N1C(=O)Nc1ccc2c(c1)OCO2. The second-order valence-electron chi connectivity index (χ2n) is 6.40. The van der Waals surface area contributed by atoms with E-state index < -0.39 is 11.9 Å². The number of hydrogen-bond donors (Lipinski definition) is 2. The van der Waals surface area contributed by atoms with Gasteiger partial charge in [-0.2, -0.15) is 0 Å². The van der Waals surface area contributed by atoms with Crippen LogP contribution < -0.4 is 19.7 Å². The van der Waals surface area contributed by atoms with Crippen LogP contribution in [0.2, 0.25) is 0 Å². The lowest BCUT2D eigenvalue weighted by Gasteiger charge is -2.37. The molecule has 0 bridgehead atoms. The highest BCUT2D eigenvalue weighted by Gasteiger charge is 2.36. The molecule has 2 aromatic carbocycles. The molecule has 0 fully saturated rings. The summed E-state index contributed by atoms with van der Waals surface area (Å²) in [4.78, 5) is 26.1. The number of amides is 2. The molecule has 2 aliphatic rings. The molecule has 0 saturated heterocycles. The molecule has 0 saturated carbocycles. The minimum absolute atomic E-state index is 0.167. The number of anilines is 2. The summed E-state index contributed by atoms with van der Waals surface area (Å²) in [6.07, 6.45) is 0.362. The summed E-state index contributed by atoms with van der Waals surface area (Å²) in [5.74, 6) is -0.263. The van der Waals surface area contributed by atoms with E-state index in [1.807, 2.05) is 6.92 Å². The van der Waals surface area contributed by atoms with Crippen molar-refractivity contribution >= 4 is 23.4 Å². The number of carbonyl (C=O) groups excluding carboxylic acids is 1. The van der Waals surface area contributed by atoms with Crippen molar-refractivity contribution in [3.05, 3.63) is 48.0 Å². The fourth-order valence-corrected chi connectivity index (χ4v) is 3.51. The molecule has 4 rings (SSSR count). The maximum atomic E-state index is 12.9. The topological polar surface area (TPSA) is 88.1 Å². The molecule has 2 heterocycles. The maximum absolute atomic E-state index is 12.9. The smallest absolute Gasteiger partial charge is 0.326 e. The molecule has 2 N–H and O–H groups in total. The van der Waals surface area contributed by atoms with Gasteiger partial charge in [-0.1, -0.05) is 18.2 Å². The maximum Gasteiger partial charge on any atom is 0.326 e. The van der Waals surface area contributed by atoms with Crippen molar-refractivity contribution in [1.29, 1.82) is 0 Å². The van der Waals surface area contributed by atoms with Crippen LogP contribution in [0.5, 0.6) is 11.5 Å². The monoisotopic (exact) mass is 354 g/mol. The van der Waals surface area contributed by atoms with E-state index >= 15 is 0 Å². The second-order valence-corrected chi connectivity index (χ2v) is 6.40. The van der Waals surface area contributed by atoms with E-state index in [-0.39, 0.29) is 18.9 Å². The number of carboxylic acid groups (broad SMARTS) is 1. The lowest BCUT2D eigenvalue weighted by molar-refractivity contribution is -0.139. The number of fused-ring (bicyclic) bond motifs is 2. The van der Waals surface area contributed by atoms with Gasteiger partial charge in [0, 0.05) is 23.5 Å². The van der Waals surface area contributed by atoms with Crippen LogP contribution in [-0.4, -0.2) is 29.9 Å². The average molecular weight is 354 g/mol. The fraction of sp³-hybridized carbons (Fsp3) is 0.263. The Morgan fingerprint density at radius 2 is 1.92 bits per heavy atom. The van der Waals surface area contributed by atoms with E-state index in [4.69, 9.17) is 9.47 Å². The van der Waals surface area contributed by atoms with Crippen LogP contribution >= 0.6 is 0 Å². The molecule has 2 aliphatic heterocycles. The summed E-state index contributed by atoms with van der Waals surface area (Å²) >= 11 is 0. The fourth-order valence-electron chi connectivity index (χ4n) is 3.51. The van der Waals surface area contributed by atoms with E-state index in [2.05, 4.69) is 5.32 Å². The highest BCUT2D eigenvalue weighted by Crippen LogP contribution is 2.39. The van der Waals surface area contributed by atoms with Gasteiger partial charge in [-0.15, -0.1) is 0 Å². The summed E-state index contributed by atoms with van der Waals surface area (Å²) in [6.45, 7) is 2.02. The van der Waals surface area contributed by atoms with Gasteiger partial charge in [-0.3, -0.25) is 9.69 Å². The van der Waals surface area contributed by atoms with Gasteiger partial charge in [0.05, 0.1) is 5.92 Å². The zero-order chi connectivity index (χ0) is 18.3. The standard InChI is InChI=1S/C19H18N2O5/c1-11-8-14(18(22)23)13-4-2-3-5-15(13)21(11)19(24)20-12-6-7-16-17(9-12)26-10-25-16/h2-7,9,11,14H,8,10H2,1H3,(H,20,24)(H,22,23). The number of nitrogens with one attached hydrogen (secondary N) is 1. The highest BCUT2D eigenvalue weighted by molar-refractivity contribution is 6.04. The Labute approximate surface area is 150 Å². The zero-order valence-electron chi connectivity index (χ0n) is 14.1. The molecule has 134 valence electrons. The number of ether oxygens (including phenoxy) is 2. The van der Waals surface area contributed by atoms with Crippen LogP contribution in [0.3, 0.4) is 0 Å². The largest absolute Gasteiger partial charge is 0.481 e. The highest BCUT2D eigenvalue weighted by atomic mass is 16.7. The first-order chi connectivity index (χ1) is 12.5. The number of carbonyl (C=O) groups is 2. The zero-order valence-corrected chi connectivity index (χ0v) is 14.1. The van der Waals surface area contributed by atoms with Crippen LogP contribution in [0, 0.1) is 0 Å². The van der Waals surface area contributed by atoms with Crippen LogP contribution in [0.15, 0.2) is 42.5 Å². The number of carboxylic acids is 1. The first-order valence-corrected chi connectivity index (χ1v) is 8.36. The molecule has 7 heteroatoms. The quantitative estimate of drug-likeness (QED) is 0.863. The predicted molar refractivity (Wildman–Crippen MR) is 95.0 cm³/mol. The minimum Gasteiger partial charge on any atom is -0.481 e.